The molecule has 1 saturated heterocycles. The lowest BCUT2D eigenvalue weighted by atomic mass is 10.1. The van der Waals surface area contributed by atoms with Crippen molar-refractivity contribution in [2.45, 2.75) is 12.8 Å². The van der Waals surface area contributed by atoms with E-state index >= 15 is 0 Å². The zero-order chi connectivity index (χ0) is 20.5. The first kappa shape index (κ1) is 21.0. The fourth-order valence-corrected chi connectivity index (χ4v) is 3.58. The summed E-state index contributed by atoms with van der Waals surface area (Å²) in [6.45, 7) is 4.95. The molecule has 0 spiro atoms. The first-order valence-electron chi connectivity index (χ1n) is 10.2. The standard InChI is InChI=1S/C23H31N3O3/c1-28-21-9-7-19(8-10-21)11-13-24-23(27)26-17-15-25(16-18-26)14-12-20-5-3-4-6-22(20)29-2/h3-10H,11-18H2,1-2H3,(H,24,27). The molecule has 1 heterocycles. The molecule has 0 saturated carbocycles. The number of ether oxygens (including phenoxy) is 2. The van der Waals surface area contributed by atoms with Crippen molar-refractivity contribution in [3.05, 3.63) is 59.7 Å². The van der Waals surface area contributed by atoms with E-state index in [2.05, 4.69) is 16.3 Å². The lowest BCUT2D eigenvalue weighted by Gasteiger charge is -2.34. The van der Waals surface area contributed by atoms with Gasteiger partial charge in [0.25, 0.3) is 0 Å². The van der Waals surface area contributed by atoms with Gasteiger partial charge in [0.1, 0.15) is 11.5 Å². The van der Waals surface area contributed by atoms with E-state index in [4.69, 9.17) is 9.47 Å². The molecule has 0 bridgehead atoms. The number of carbonyl (C=O) groups is 1. The molecule has 6 heteroatoms. The highest BCUT2D eigenvalue weighted by Gasteiger charge is 2.20. The topological polar surface area (TPSA) is 54.0 Å². The van der Waals surface area contributed by atoms with Gasteiger partial charge in [0, 0.05) is 39.3 Å². The molecule has 0 atom stereocenters. The Balaban J connectivity index is 1.35. The van der Waals surface area contributed by atoms with E-state index in [9.17, 15) is 4.79 Å². The summed E-state index contributed by atoms with van der Waals surface area (Å²) < 4.78 is 10.6. The predicted molar refractivity (Wildman–Crippen MR) is 115 cm³/mol. The van der Waals surface area contributed by atoms with E-state index in [-0.39, 0.29) is 6.03 Å². The Morgan fingerprint density at radius 2 is 1.66 bits per heavy atom. The van der Waals surface area contributed by atoms with Crippen LogP contribution in [0.3, 0.4) is 0 Å². The normalized spacial score (nSPS) is 14.5. The van der Waals surface area contributed by atoms with Crippen molar-refractivity contribution in [1.82, 2.24) is 15.1 Å². The van der Waals surface area contributed by atoms with E-state index in [0.717, 1.165) is 57.1 Å². The zero-order valence-corrected chi connectivity index (χ0v) is 17.4. The Hall–Kier alpha value is -2.73. The van der Waals surface area contributed by atoms with E-state index in [1.807, 2.05) is 47.4 Å². The molecular formula is C23H31N3O3. The largest absolute Gasteiger partial charge is 0.497 e. The molecule has 1 N–H and O–H groups in total. The molecular weight excluding hydrogens is 366 g/mol. The highest BCUT2D eigenvalue weighted by atomic mass is 16.5. The van der Waals surface area contributed by atoms with Crippen LogP contribution in [0, 0.1) is 0 Å². The molecule has 0 unspecified atom stereocenters. The van der Waals surface area contributed by atoms with Crippen molar-refractivity contribution in [2.24, 2.45) is 0 Å². The van der Waals surface area contributed by atoms with Crippen molar-refractivity contribution < 1.29 is 14.3 Å². The van der Waals surface area contributed by atoms with Gasteiger partial charge in [0.15, 0.2) is 0 Å². The molecule has 1 fully saturated rings. The van der Waals surface area contributed by atoms with Gasteiger partial charge < -0.3 is 19.7 Å². The van der Waals surface area contributed by atoms with Crippen LogP contribution < -0.4 is 14.8 Å². The summed E-state index contributed by atoms with van der Waals surface area (Å²) in [5.74, 6) is 1.80. The fourth-order valence-electron chi connectivity index (χ4n) is 3.58. The number of para-hydroxylation sites is 1. The van der Waals surface area contributed by atoms with E-state index in [1.165, 1.54) is 11.1 Å². The number of hydrogen-bond donors (Lipinski definition) is 1. The number of methoxy groups -OCH3 is 2. The lowest BCUT2D eigenvalue weighted by molar-refractivity contribution is 0.140. The Kier molecular flexibility index (Phi) is 7.76. The van der Waals surface area contributed by atoms with Gasteiger partial charge in [-0.3, -0.25) is 4.90 Å². The summed E-state index contributed by atoms with van der Waals surface area (Å²) >= 11 is 0. The van der Waals surface area contributed by atoms with Crippen molar-refractivity contribution >= 4 is 6.03 Å². The molecule has 156 valence electrons. The molecule has 0 aliphatic carbocycles. The molecule has 6 nitrogen and oxygen atoms in total. The molecule has 1 aliphatic rings. The van der Waals surface area contributed by atoms with Crippen LogP contribution in [0.5, 0.6) is 11.5 Å². The summed E-state index contributed by atoms with van der Waals surface area (Å²) in [6, 6.07) is 16.2. The Morgan fingerprint density at radius 3 is 2.34 bits per heavy atom. The number of urea groups is 1. The van der Waals surface area contributed by atoms with Crippen LogP contribution in [-0.2, 0) is 12.8 Å². The van der Waals surface area contributed by atoms with Crippen LogP contribution in [0.15, 0.2) is 48.5 Å². The van der Waals surface area contributed by atoms with Gasteiger partial charge in [-0.05, 0) is 42.2 Å². The van der Waals surface area contributed by atoms with Crippen LogP contribution in [0.25, 0.3) is 0 Å². The molecule has 2 aromatic rings. The molecule has 0 radical (unpaired) electrons. The predicted octanol–water partition coefficient (Wildman–Crippen LogP) is 2.82. The van der Waals surface area contributed by atoms with Crippen molar-refractivity contribution in [2.75, 3.05) is 53.5 Å². The summed E-state index contributed by atoms with van der Waals surface area (Å²) in [6.07, 6.45) is 1.77. The van der Waals surface area contributed by atoms with Gasteiger partial charge in [0.2, 0.25) is 0 Å². The molecule has 2 amide bonds. The summed E-state index contributed by atoms with van der Waals surface area (Å²) in [5, 5.41) is 3.04. The second kappa shape index (κ2) is 10.7. The first-order chi connectivity index (χ1) is 14.2. The number of amides is 2. The number of hydrogen-bond acceptors (Lipinski definition) is 4. The average molecular weight is 398 g/mol. The van der Waals surface area contributed by atoms with Crippen molar-refractivity contribution in [1.29, 1.82) is 0 Å². The van der Waals surface area contributed by atoms with Crippen LogP contribution in [-0.4, -0.2) is 69.3 Å². The average Bonchev–Trinajstić information content (AvgIpc) is 2.78. The van der Waals surface area contributed by atoms with Gasteiger partial charge in [-0.1, -0.05) is 30.3 Å². The third kappa shape index (κ3) is 6.12. The Bertz CT molecular complexity index is 771. The van der Waals surface area contributed by atoms with Gasteiger partial charge in [-0.25, -0.2) is 4.79 Å². The van der Waals surface area contributed by atoms with Gasteiger partial charge in [-0.2, -0.15) is 0 Å². The molecule has 1 aliphatic heterocycles. The van der Waals surface area contributed by atoms with Crippen LogP contribution in [0.4, 0.5) is 4.79 Å². The van der Waals surface area contributed by atoms with Crippen LogP contribution in [0.1, 0.15) is 11.1 Å². The first-order valence-corrected chi connectivity index (χ1v) is 10.2. The maximum Gasteiger partial charge on any atom is 0.317 e. The summed E-state index contributed by atoms with van der Waals surface area (Å²) in [4.78, 5) is 16.7. The van der Waals surface area contributed by atoms with Crippen molar-refractivity contribution in [3.63, 3.8) is 0 Å². The fraction of sp³-hybridized carbons (Fsp3) is 0.435. The number of carbonyl (C=O) groups excluding carboxylic acids is 1. The number of nitrogens with zero attached hydrogens (tertiary/aromatic N) is 2. The van der Waals surface area contributed by atoms with Crippen molar-refractivity contribution in [3.8, 4) is 11.5 Å². The third-order valence-electron chi connectivity index (χ3n) is 5.40. The molecule has 0 aromatic heterocycles. The van der Waals surface area contributed by atoms with E-state index in [0.29, 0.717) is 6.54 Å². The maximum absolute atomic E-state index is 12.4. The maximum atomic E-state index is 12.4. The number of benzene rings is 2. The van der Waals surface area contributed by atoms with Crippen LogP contribution in [0.2, 0.25) is 0 Å². The summed E-state index contributed by atoms with van der Waals surface area (Å²) in [5.41, 5.74) is 2.42. The highest BCUT2D eigenvalue weighted by Crippen LogP contribution is 2.18. The Morgan fingerprint density at radius 1 is 0.931 bits per heavy atom. The quantitative estimate of drug-likeness (QED) is 0.744. The minimum absolute atomic E-state index is 0.0305. The highest BCUT2D eigenvalue weighted by molar-refractivity contribution is 5.74. The molecule has 3 rings (SSSR count). The lowest BCUT2D eigenvalue weighted by Crippen LogP contribution is -2.52. The van der Waals surface area contributed by atoms with Crippen LogP contribution >= 0.6 is 0 Å². The third-order valence-corrected chi connectivity index (χ3v) is 5.40. The van der Waals surface area contributed by atoms with E-state index < -0.39 is 0 Å². The number of piperazine rings is 1. The van der Waals surface area contributed by atoms with E-state index in [1.54, 1.807) is 14.2 Å². The minimum Gasteiger partial charge on any atom is -0.497 e. The SMILES string of the molecule is COc1ccc(CCNC(=O)N2CCN(CCc3ccccc3OC)CC2)cc1. The monoisotopic (exact) mass is 397 g/mol. The Labute approximate surface area is 173 Å². The number of nitrogens with one attached hydrogen (secondary N) is 1. The smallest absolute Gasteiger partial charge is 0.317 e. The zero-order valence-electron chi connectivity index (χ0n) is 17.4. The van der Waals surface area contributed by atoms with Gasteiger partial charge in [-0.15, -0.1) is 0 Å². The second-order valence-corrected chi connectivity index (χ2v) is 7.22. The van der Waals surface area contributed by atoms with Gasteiger partial charge >= 0.3 is 6.03 Å². The molecule has 2 aromatic carbocycles. The van der Waals surface area contributed by atoms with Gasteiger partial charge in [0.05, 0.1) is 14.2 Å². The second-order valence-electron chi connectivity index (χ2n) is 7.22. The number of rotatable bonds is 8. The summed E-state index contributed by atoms with van der Waals surface area (Å²) in [7, 11) is 3.37. The molecule has 29 heavy (non-hydrogen) atoms. The minimum atomic E-state index is 0.0305.